The Morgan fingerprint density at radius 1 is 1.47 bits per heavy atom. The lowest BCUT2D eigenvalue weighted by Crippen LogP contribution is -2.33. The number of aryl methyl sites for hydroxylation is 1. The van der Waals surface area contributed by atoms with Gasteiger partial charge in [-0.25, -0.2) is 0 Å². The van der Waals surface area contributed by atoms with Crippen LogP contribution in [0, 0.1) is 5.41 Å². The molecule has 1 aromatic heterocycles. The Morgan fingerprint density at radius 3 is 2.60 bits per heavy atom. The molecule has 3 heteroatoms. The van der Waals surface area contributed by atoms with Crippen molar-refractivity contribution < 1.29 is 0 Å². The van der Waals surface area contributed by atoms with E-state index in [2.05, 4.69) is 30.5 Å². The van der Waals surface area contributed by atoms with E-state index in [1.165, 1.54) is 31.4 Å². The molecule has 1 unspecified atom stereocenters. The predicted molar refractivity (Wildman–Crippen MR) is 61.6 cm³/mol. The van der Waals surface area contributed by atoms with Crippen LogP contribution in [0.25, 0.3) is 0 Å². The number of aromatic nitrogens is 2. The molecular weight excluding hydrogens is 186 g/mol. The van der Waals surface area contributed by atoms with Gasteiger partial charge in [0.15, 0.2) is 0 Å². The average Bonchev–Trinajstić information content (AvgIpc) is 2.79. The van der Waals surface area contributed by atoms with Crippen LogP contribution in [-0.4, -0.2) is 16.8 Å². The summed E-state index contributed by atoms with van der Waals surface area (Å²) >= 11 is 0. The Hall–Kier alpha value is -0.830. The van der Waals surface area contributed by atoms with Crippen LogP contribution in [0.3, 0.4) is 0 Å². The minimum Gasteiger partial charge on any atom is -0.311 e. The fraction of sp³-hybridized carbons (Fsp3) is 0.750. The van der Waals surface area contributed by atoms with Gasteiger partial charge in [0.05, 0.1) is 11.7 Å². The number of hydrogen-bond acceptors (Lipinski definition) is 2. The third-order valence-corrected chi connectivity index (χ3v) is 3.89. The highest BCUT2D eigenvalue weighted by Gasteiger charge is 2.38. The number of hydrogen-bond donors (Lipinski definition) is 1. The van der Waals surface area contributed by atoms with Crippen LogP contribution >= 0.6 is 0 Å². The molecule has 0 amide bonds. The first-order valence-corrected chi connectivity index (χ1v) is 5.82. The molecule has 1 aliphatic carbocycles. The van der Waals surface area contributed by atoms with Crippen LogP contribution in [0.2, 0.25) is 0 Å². The molecule has 84 valence electrons. The molecule has 2 rings (SSSR count). The van der Waals surface area contributed by atoms with Crippen molar-refractivity contribution in [3.63, 3.8) is 0 Å². The quantitative estimate of drug-likeness (QED) is 0.824. The molecule has 0 spiro atoms. The Labute approximate surface area is 91.9 Å². The lowest BCUT2D eigenvalue weighted by molar-refractivity contribution is 0.224. The molecule has 1 aromatic rings. The van der Waals surface area contributed by atoms with Crippen LogP contribution in [0.4, 0.5) is 0 Å². The summed E-state index contributed by atoms with van der Waals surface area (Å²) in [5, 5.41) is 7.73. The van der Waals surface area contributed by atoms with E-state index in [-0.39, 0.29) is 0 Å². The molecule has 3 nitrogen and oxygen atoms in total. The highest BCUT2D eigenvalue weighted by molar-refractivity contribution is 5.12. The van der Waals surface area contributed by atoms with Crippen molar-refractivity contribution in [2.45, 2.75) is 38.6 Å². The summed E-state index contributed by atoms with van der Waals surface area (Å²) in [4.78, 5) is 0. The Balaban J connectivity index is 2.27. The smallest absolute Gasteiger partial charge is 0.0555 e. The minimum absolute atomic E-state index is 0.405. The summed E-state index contributed by atoms with van der Waals surface area (Å²) in [5.74, 6) is 0. The summed E-state index contributed by atoms with van der Waals surface area (Å²) < 4.78 is 1.99. The first kappa shape index (κ1) is 10.7. The van der Waals surface area contributed by atoms with Gasteiger partial charge in [-0.3, -0.25) is 4.68 Å². The summed E-state index contributed by atoms with van der Waals surface area (Å²) in [5.41, 5.74) is 1.71. The lowest BCUT2D eigenvalue weighted by Gasteiger charge is -2.33. The molecule has 0 aromatic carbocycles. The molecule has 1 N–H and O–H groups in total. The predicted octanol–water partition coefficient (Wildman–Crippen LogP) is 2.26. The van der Waals surface area contributed by atoms with Crippen molar-refractivity contribution in [2.24, 2.45) is 12.5 Å². The molecule has 1 aliphatic rings. The number of rotatable bonds is 3. The normalized spacial score (nSPS) is 21.8. The SMILES string of the molecule is CNC(c1ccnn1C)C1(C)CCCC1. The van der Waals surface area contributed by atoms with Crippen LogP contribution in [0.5, 0.6) is 0 Å². The maximum absolute atomic E-state index is 4.26. The third kappa shape index (κ3) is 1.81. The summed E-state index contributed by atoms with van der Waals surface area (Å²) in [6.07, 6.45) is 7.27. The van der Waals surface area contributed by atoms with E-state index in [1.807, 2.05) is 17.9 Å². The van der Waals surface area contributed by atoms with Crippen LogP contribution in [-0.2, 0) is 7.05 Å². The van der Waals surface area contributed by atoms with Crippen molar-refractivity contribution in [2.75, 3.05) is 7.05 Å². The molecule has 1 atom stereocenters. The van der Waals surface area contributed by atoms with Crippen molar-refractivity contribution in [3.8, 4) is 0 Å². The van der Waals surface area contributed by atoms with E-state index in [4.69, 9.17) is 0 Å². The average molecular weight is 207 g/mol. The second-order valence-corrected chi connectivity index (χ2v) is 4.96. The van der Waals surface area contributed by atoms with Crippen LogP contribution < -0.4 is 5.32 Å². The largest absolute Gasteiger partial charge is 0.311 e. The third-order valence-electron chi connectivity index (χ3n) is 3.89. The molecule has 1 heterocycles. The molecule has 1 saturated carbocycles. The second kappa shape index (κ2) is 3.97. The zero-order chi connectivity index (χ0) is 10.9. The van der Waals surface area contributed by atoms with E-state index < -0.39 is 0 Å². The van der Waals surface area contributed by atoms with Gasteiger partial charge in [0.25, 0.3) is 0 Å². The Morgan fingerprint density at radius 2 is 2.13 bits per heavy atom. The van der Waals surface area contributed by atoms with Gasteiger partial charge in [0, 0.05) is 13.2 Å². The molecule has 1 fully saturated rings. The first-order chi connectivity index (χ1) is 7.17. The van der Waals surface area contributed by atoms with E-state index >= 15 is 0 Å². The molecule has 15 heavy (non-hydrogen) atoms. The Bertz CT molecular complexity index is 323. The first-order valence-electron chi connectivity index (χ1n) is 5.82. The van der Waals surface area contributed by atoms with Crippen molar-refractivity contribution in [1.29, 1.82) is 0 Å². The van der Waals surface area contributed by atoms with Crippen molar-refractivity contribution in [1.82, 2.24) is 15.1 Å². The zero-order valence-electron chi connectivity index (χ0n) is 9.95. The maximum Gasteiger partial charge on any atom is 0.0555 e. The second-order valence-electron chi connectivity index (χ2n) is 4.96. The topological polar surface area (TPSA) is 29.9 Å². The fourth-order valence-corrected chi connectivity index (χ4v) is 2.99. The van der Waals surface area contributed by atoms with Gasteiger partial charge in [-0.1, -0.05) is 19.8 Å². The van der Waals surface area contributed by atoms with Gasteiger partial charge >= 0.3 is 0 Å². The fourth-order valence-electron chi connectivity index (χ4n) is 2.99. The standard InChI is InChI=1S/C12H21N3/c1-12(7-4-5-8-12)11(13-2)10-6-9-14-15(10)3/h6,9,11,13H,4-5,7-8H2,1-3H3. The lowest BCUT2D eigenvalue weighted by atomic mass is 9.79. The van der Waals surface area contributed by atoms with Gasteiger partial charge in [0.1, 0.15) is 0 Å². The van der Waals surface area contributed by atoms with E-state index in [1.54, 1.807) is 0 Å². The summed E-state index contributed by atoms with van der Waals surface area (Å²) in [6.45, 7) is 2.40. The monoisotopic (exact) mass is 207 g/mol. The van der Waals surface area contributed by atoms with Gasteiger partial charge < -0.3 is 5.32 Å². The van der Waals surface area contributed by atoms with E-state index in [0.717, 1.165) is 0 Å². The van der Waals surface area contributed by atoms with Gasteiger partial charge in [0.2, 0.25) is 0 Å². The molecule has 0 radical (unpaired) electrons. The number of nitrogens with zero attached hydrogens (tertiary/aromatic N) is 2. The highest BCUT2D eigenvalue weighted by atomic mass is 15.3. The molecular formula is C12H21N3. The zero-order valence-corrected chi connectivity index (χ0v) is 9.95. The van der Waals surface area contributed by atoms with E-state index in [0.29, 0.717) is 11.5 Å². The molecule has 0 saturated heterocycles. The summed E-state index contributed by atoms with van der Waals surface area (Å²) in [6, 6.07) is 2.57. The Kier molecular flexibility index (Phi) is 2.83. The highest BCUT2D eigenvalue weighted by Crippen LogP contribution is 2.46. The minimum atomic E-state index is 0.405. The van der Waals surface area contributed by atoms with Crippen LogP contribution in [0.15, 0.2) is 12.3 Å². The number of nitrogens with one attached hydrogen (secondary N) is 1. The molecule has 0 bridgehead atoms. The molecule has 0 aliphatic heterocycles. The van der Waals surface area contributed by atoms with Gasteiger partial charge in [-0.05, 0) is 31.4 Å². The van der Waals surface area contributed by atoms with Crippen molar-refractivity contribution in [3.05, 3.63) is 18.0 Å². The maximum atomic E-state index is 4.26. The van der Waals surface area contributed by atoms with Gasteiger partial charge in [-0.15, -0.1) is 0 Å². The van der Waals surface area contributed by atoms with E-state index in [9.17, 15) is 0 Å². The summed E-state index contributed by atoms with van der Waals surface area (Å²) in [7, 11) is 4.08. The van der Waals surface area contributed by atoms with Crippen LogP contribution in [0.1, 0.15) is 44.3 Å². The van der Waals surface area contributed by atoms with Gasteiger partial charge in [-0.2, -0.15) is 5.10 Å². The van der Waals surface area contributed by atoms with Crippen molar-refractivity contribution >= 4 is 0 Å².